The number of carbonyl (C=O) groups is 2. The van der Waals surface area contributed by atoms with Gasteiger partial charge in [0.25, 0.3) is 0 Å². The summed E-state index contributed by atoms with van der Waals surface area (Å²) in [6.45, 7) is 3.44. The molecule has 0 aliphatic rings. The highest BCUT2D eigenvalue weighted by Crippen LogP contribution is 2.28. The van der Waals surface area contributed by atoms with Gasteiger partial charge in [-0.2, -0.15) is 0 Å². The number of urea groups is 1. The molecule has 3 rings (SSSR count). The summed E-state index contributed by atoms with van der Waals surface area (Å²) >= 11 is 1.61. The molecule has 0 spiro atoms. The van der Waals surface area contributed by atoms with Gasteiger partial charge in [0, 0.05) is 23.7 Å². The maximum Gasteiger partial charge on any atom is 0.322 e. The zero-order valence-electron chi connectivity index (χ0n) is 21.9. The van der Waals surface area contributed by atoms with Crippen molar-refractivity contribution in [1.29, 1.82) is 0 Å². The number of rotatable bonds is 13. The monoisotopic (exact) mass is 525 g/mol. The third-order valence-corrected chi connectivity index (χ3v) is 6.71. The number of nitrogens with zero attached hydrogens (tertiary/aromatic N) is 2. The largest absolute Gasteiger partial charge is 0.497 e. The van der Waals surface area contributed by atoms with Crippen molar-refractivity contribution in [3.05, 3.63) is 70.4 Å². The Kier molecular flexibility index (Phi) is 10.6. The minimum atomic E-state index is -0.309. The molecule has 1 aromatic heterocycles. The number of amides is 3. The van der Waals surface area contributed by atoms with Gasteiger partial charge in [0.05, 0.1) is 27.9 Å². The van der Waals surface area contributed by atoms with E-state index in [4.69, 9.17) is 14.2 Å². The molecule has 3 aromatic rings. The van der Waals surface area contributed by atoms with E-state index >= 15 is 0 Å². The van der Waals surface area contributed by atoms with E-state index in [-0.39, 0.29) is 18.5 Å². The number of thiophene rings is 1. The van der Waals surface area contributed by atoms with Crippen molar-refractivity contribution in [3.63, 3.8) is 0 Å². The van der Waals surface area contributed by atoms with Crippen LogP contribution >= 0.6 is 11.3 Å². The highest BCUT2D eigenvalue weighted by Gasteiger charge is 2.22. The van der Waals surface area contributed by atoms with Crippen LogP contribution in [-0.2, 0) is 17.8 Å². The molecule has 0 atom stereocenters. The molecule has 0 unspecified atom stereocenters. The quantitative estimate of drug-likeness (QED) is 0.328. The van der Waals surface area contributed by atoms with Crippen LogP contribution in [0, 0.1) is 0 Å². The van der Waals surface area contributed by atoms with Crippen molar-refractivity contribution in [2.24, 2.45) is 0 Å². The fraction of sp³-hybridized carbons (Fsp3) is 0.357. The van der Waals surface area contributed by atoms with Crippen LogP contribution in [0.25, 0.3) is 0 Å². The molecular formula is C28H35N3O5S. The van der Waals surface area contributed by atoms with E-state index in [9.17, 15) is 9.59 Å². The van der Waals surface area contributed by atoms with Gasteiger partial charge in [0.15, 0.2) is 11.5 Å². The smallest absolute Gasteiger partial charge is 0.322 e. The Labute approximate surface area is 222 Å². The first-order chi connectivity index (χ1) is 18.0. The average Bonchev–Trinajstić information content (AvgIpc) is 3.44. The maximum atomic E-state index is 13.5. The van der Waals surface area contributed by atoms with Crippen LogP contribution in [-0.4, -0.2) is 62.7 Å². The Bertz CT molecular complexity index is 1140. The Morgan fingerprint density at radius 2 is 1.65 bits per heavy atom. The average molecular weight is 526 g/mol. The molecule has 8 nitrogen and oxygen atoms in total. The number of ether oxygens (including phenoxy) is 3. The predicted octanol–water partition coefficient (Wildman–Crippen LogP) is 5.29. The second-order valence-corrected chi connectivity index (χ2v) is 9.45. The third-order valence-electron chi connectivity index (χ3n) is 5.85. The number of anilines is 1. The van der Waals surface area contributed by atoms with Crippen LogP contribution in [0.3, 0.4) is 0 Å². The fourth-order valence-electron chi connectivity index (χ4n) is 3.85. The van der Waals surface area contributed by atoms with Crippen LogP contribution in [0.5, 0.6) is 17.2 Å². The van der Waals surface area contributed by atoms with Gasteiger partial charge < -0.3 is 29.3 Å². The summed E-state index contributed by atoms with van der Waals surface area (Å²) in [5.74, 6) is 1.92. The van der Waals surface area contributed by atoms with E-state index in [0.717, 1.165) is 16.9 Å². The number of hydrogen-bond acceptors (Lipinski definition) is 6. The molecule has 3 amide bonds. The molecule has 9 heteroatoms. The summed E-state index contributed by atoms with van der Waals surface area (Å²) in [6, 6.07) is 16.6. The lowest BCUT2D eigenvalue weighted by atomic mass is 10.1. The number of hydrogen-bond donors (Lipinski definition) is 1. The van der Waals surface area contributed by atoms with E-state index in [1.54, 1.807) is 61.8 Å². The van der Waals surface area contributed by atoms with Crippen LogP contribution in [0.4, 0.5) is 10.5 Å². The van der Waals surface area contributed by atoms with Crippen molar-refractivity contribution >= 4 is 29.0 Å². The SMILES string of the molecule is CCCN(CC(=O)N(CCc1ccc(OC)c(OC)c1)Cc1cccs1)C(=O)Nc1ccc(OC)cc1. The zero-order valence-corrected chi connectivity index (χ0v) is 22.7. The molecule has 0 fully saturated rings. The lowest BCUT2D eigenvalue weighted by Gasteiger charge is -2.27. The zero-order chi connectivity index (χ0) is 26.6. The van der Waals surface area contributed by atoms with E-state index in [1.165, 1.54) is 0 Å². The molecule has 198 valence electrons. The molecular weight excluding hydrogens is 490 g/mol. The van der Waals surface area contributed by atoms with Gasteiger partial charge >= 0.3 is 6.03 Å². The second kappa shape index (κ2) is 14.1. The maximum absolute atomic E-state index is 13.5. The lowest BCUT2D eigenvalue weighted by Crippen LogP contribution is -2.45. The Morgan fingerprint density at radius 1 is 0.892 bits per heavy atom. The summed E-state index contributed by atoms with van der Waals surface area (Å²) in [6.07, 6.45) is 1.38. The number of methoxy groups -OCH3 is 3. The van der Waals surface area contributed by atoms with Crippen molar-refractivity contribution in [2.75, 3.05) is 46.3 Å². The predicted molar refractivity (Wildman–Crippen MR) is 147 cm³/mol. The van der Waals surface area contributed by atoms with E-state index in [1.807, 2.05) is 47.5 Å². The lowest BCUT2D eigenvalue weighted by molar-refractivity contribution is -0.132. The topological polar surface area (TPSA) is 80.3 Å². The van der Waals surface area contributed by atoms with Crippen molar-refractivity contribution in [1.82, 2.24) is 9.80 Å². The van der Waals surface area contributed by atoms with Crippen LogP contribution in [0.2, 0.25) is 0 Å². The molecule has 0 saturated heterocycles. The molecule has 1 heterocycles. The van der Waals surface area contributed by atoms with Gasteiger partial charge in [-0.3, -0.25) is 4.79 Å². The normalized spacial score (nSPS) is 10.5. The number of carbonyl (C=O) groups excluding carboxylic acids is 2. The second-order valence-electron chi connectivity index (χ2n) is 8.41. The molecule has 0 aliphatic heterocycles. The first-order valence-electron chi connectivity index (χ1n) is 12.2. The Morgan fingerprint density at radius 3 is 2.27 bits per heavy atom. The van der Waals surface area contributed by atoms with Crippen LogP contribution in [0.15, 0.2) is 60.0 Å². The fourth-order valence-corrected chi connectivity index (χ4v) is 4.56. The van der Waals surface area contributed by atoms with Crippen molar-refractivity contribution < 1.29 is 23.8 Å². The molecule has 0 saturated carbocycles. The van der Waals surface area contributed by atoms with Gasteiger partial charge in [0.1, 0.15) is 12.3 Å². The number of nitrogens with one attached hydrogen (secondary N) is 1. The van der Waals surface area contributed by atoms with Crippen LogP contribution < -0.4 is 19.5 Å². The minimum absolute atomic E-state index is 0.00681. The molecule has 0 bridgehead atoms. The van der Waals surface area contributed by atoms with Gasteiger partial charge in [-0.05, 0) is 66.2 Å². The first-order valence-corrected chi connectivity index (χ1v) is 13.1. The molecule has 0 aliphatic carbocycles. The van der Waals surface area contributed by atoms with Gasteiger partial charge in [0.2, 0.25) is 5.91 Å². The van der Waals surface area contributed by atoms with Crippen LogP contribution in [0.1, 0.15) is 23.8 Å². The summed E-state index contributed by atoms with van der Waals surface area (Å²) in [5, 5.41) is 4.88. The molecule has 37 heavy (non-hydrogen) atoms. The summed E-state index contributed by atoms with van der Waals surface area (Å²) in [5.41, 5.74) is 1.67. The third kappa shape index (κ3) is 8.15. The van der Waals surface area contributed by atoms with E-state index < -0.39 is 0 Å². The van der Waals surface area contributed by atoms with E-state index in [2.05, 4.69) is 5.32 Å². The van der Waals surface area contributed by atoms with Gasteiger partial charge in [-0.1, -0.05) is 19.1 Å². The van der Waals surface area contributed by atoms with Gasteiger partial charge in [-0.15, -0.1) is 11.3 Å². The van der Waals surface area contributed by atoms with Gasteiger partial charge in [-0.25, -0.2) is 4.79 Å². The summed E-state index contributed by atoms with van der Waals surface area (Å²) in [7, 11) is 4.80. The highest BCUT2D eigenvalue weighted by atomic mass is 32.1. The van der Waals surface area contributed by atoms with E-state index in [0.29, 0.717) is 49.0 Å². The standard InChI is InChI=1S/C28H35N3O5S/c1-5-15-31(28(33)29-22-9-11-23(34-2)12-10-22)20-27(32)30(19-24-7-6-17-37-24)16-14-21-8-13-25(35-3)26(18-21)36-4/h6-13,17-18H,5,14-16,19-20H2,1-4H3,(H,29,33). The first kappa shape index (κ1) is 27.9. The van der Waals surface area contributed by atoms with Crippen molar-refractivity contribution in [2.45, 2.75) is 26.3 Å². The van der Waals surface area contributed by atoms with Crippen molar-refractivity contribution in [3.8, 4) is 17.2 Å². The summed E-state index contributed by atoms with van der Waals surface area (Å²) < 4.78 is 15.9. The molecule has 2 aromatic carbocycles. The molecule has 1 N–H and O–H groups in total. The minimum Gasteiger partial charge on any atom is -0.497 e. The summed E-state index contributed by atoms with van der Waals surface area (Å²) in [4.78, 5) is 31.0. The Hall–Kier alpha value is -3.72. The molecule has 0 radical (unpaired) electrons. The Balaban J connectivity index is 1.70. The highest BCUT2D eigenvalue weighted by molar-refractivity contribution is 7.09. The number of benzene rings is 2.